The van der Waals surface area contributed by atoms with E-state index in [1.807, 2.05) is 13.8 Å². The first-order chi connectivity index (χ1) is 7.19. The van der Waals surface area contributed by atoms with Gasteiger partial charge in [0, 0.05) is 11.6 Å². The Hall–Kier alpha value is -1.48. The van der Waals surface area contributed by atoms with Crippen LogP contribution in [0.2, 0.25) is 0 Å². The van der Waals surface area contributed by atoms with Gasteiger partial charge in [-0.15, -0.1) is 0 Å². The molecule has 0 amide bonds. The molecule has 0 bridgehead atoms. The molecule has 3 nitrogen and oxygen atoms in total. The first-order valence-corrected chi connectivity index (χ1v) is 4.92. The zero-order chi connectivity index (χ0) is 11.3. The van der Waals surface area contributed by atoms with Crippen LogP contribution >= 0.6 is 0 Å². The van der Waals surface area contributed by atoms with Crippen LogP contribution in [0.15, 0.2) is 18.2 Å². The molecule has 0 saturated heterocycles. The normalized spacial score (nSPS) is 10.9. The summed E-state index contributed by atoms with van der Waals surface area (Å²) in [7, 11) is 0. The molecule has 1 aromatic carbocycles. The summed E-state index contributed by atoms with van der Waals surface area (Å²) in [5.41, 5.74) is 1.81. The first kappa shape index (κ1) is 11.6. The second kappa shape index (κ2) is 5.41. The predicted octanol–water partition coefficient (Wildman–Crippen LogP) is 2.10. The first-order valence-electron chi connectivity index (χ1n) is 4.92. The lowest BCUT2D eigenvalue weighted by atomic mass is 10.1. The van der Waals surface area contributed by atoms with Gasteiger partial charge in [-0.3, -0.25) is 0 Å². The number of aliphatic hydroxyl groups is 1. The van der Waals surface area contributed by atoms with Gasteiger partial charge in [-0.05, 0) is 25.5 Å². The third-order valence-corrected chi connectivity index (χ3v) is 2.02. The smallest absolute Gasteiger partial charge is 0.130 e. The number of rotatable bonds is 4. The van der Waals surface area contributed by atoms with Gasteiger partial charge in [-0.25, -0.2) is 0 Å². The summed E-state index contributed by atoms with van der Waals surface area (Å²) in [6.45, 7) is 4.31. The minimum absolute atomic E-state index is 0.00805. The van der Waals surface area contributed by atoms with Crippen LogP contribution in [-0.4, -0.2) is 23.4 Å². The SMILES string of the molecule is CCOc1cc(O)cc(C)c1/C=C/CO. The van der Waals surface area contributed by atoms with Crippen molar-refractivity contribution in [3.8, 4) is 11.5 Å². The Bertz CT molecular complexity index is 356. The molecule has 0 aliphatic carbocycles. The Labute approximate surface area is 89.6 Å². The van der Waals surface area contributed by atoms with Gasteiger partial charge in [0.15, 0.2) is 0 Å². The molecule has 0 heterocycles. The molecule has 0 atom stereocenters. The number of aliphatic hydroxyl groups excluding tert-OH is 1. The highest BCUT2D eigenvalue weighted by Gasteiger charge is 2.06. The van der Waals surface area contributed by atoms with Crippen molar-refractivity contribution in [2.24, 2.45) is 0 Å². The van der Waals surface area contributed by atoms with Crippen molar-refractivity contribution < 1.29 is 14.9 Å². The fourth-order valence-corrected chi connectivity index (χ4v) is 1.41. The monoisotopic (exact) mass is 208 g/mol. The lowest BCUT2D eigenvalue weighted by Gasteiger charge is -2.10. The van der Waals surface area contributed by atoms with E-state index in [9.17, 15) is 5.11 Å². The van der Waals surface area contributed by atoms with Gasteiger partial charge in [0.1, 0.15) is 11.5 Å². The second-order valence-electron chi connectivity index (χ2n) is 3.19. The summed E-state index contributed by atoms with van der Waals surface area (Å²) in [6.07, 6.45) is 3.43. The molecule has 2 N–H and O–H groups in total. The van der Waals surface area contributed by atoms with Crippen LogP contribution in [0.3, 0.4) is 0 Å². The number of phenols is 1. The fraction of sp³-hybridized carbons (Fsp3) is 0.333. The van der Waals surface area contributed by atoms with Crippen LogP contribution in [0, 0.1) is 6.92 Å². The second-order valence-corrected chi connectivity index (χ2v) is 3.19. The molecule has 0 aliphatic heterocycles. The standard InChI is InChI=1S/C12H16O3/c1-3-15-12-8-10(14)7-9(2)11(12)5-4-6-13/h4-5,7-8,13-14H,3,6H2,1-2H3/b5-4+. The highest BCUT2D eigenvalue weighted by Crippen LogP contribution is 2.29. The van der Waals surface area contributed by atoms with E-state index in [0.717, 1.165) is 11.1 Å². The Kier molecular flexibility index (Phi) is 4.18. The van der Waals surface area contributed by atoms with Crippen LogP contribution in [0.5, 0.6) is 11.5 Å². The lowest BCUT2D eigenvalue weighted by Crippen LogP contribution is -1.95. The van der Waals surface area contributed by atoms with Crippen LogP contribution < -0.4 is 4.74 Å². The summed E-state index contributed by atoms with van der Waals surface area (Å²) in [6, 6.07) is 3.24. The number of ether oxygens (including phenoxy) is 1. The van der Waals surface area contributed by atoms with E-state index >= 15 is 0 Å². The van der Waals surface area contributed by atoms with Crippen molar-refractivity contribution in [2.45, 2.75) is 13.8 Å². The van der Waals surface area contributed by atoms with Crippen LogP contribution in [0.25, 0.3) is 6.08 Å². The number of aryl methyl sites for hydroxylation is 1. The van der Waals surface area contributed by atoms with Gasteiger partial charge in [0.25, 0.3) is 0 Å². The van der Waals surface area contributed by atoms with Crippen molar-refractivity contribution in [1.82, 2.24) is 0 Å². The van der Waals surface area contributed by atoms with Crippen molar-refractivity contribution >= 4 is 6.08 Å². The van der Waals surface area contributed by atoms with Crippen molar-refractivity contribution in [3.63, 3.8) is 0 Å². The quantitative estimate of drug-likeness (QED) is 0.796. The van der Waals surface area contributed by atoms with Crippen LogP contribution in [-0.2, 0) is 0 Å². The van der Waals surface area contributed by atoms with E-state index in [0.29, 0.717) is 12.4 Å². The minimum atomic E-state index is -0.00805. The summed E-state index contributed by atoms with van der Waals surface area (Å²) in [5.74, 6) is 0.830. The van der Waals surface area contributed by atoms with Crippen LogP contribution in [0.1, 0.15) is 18.1 Å². The highest BCUT2D eigenvalue weighted by molar-refractivity contribution is 5.63. The predicted molar refractivity (Wildman–Crippen MR) is 60.1 cm³/mol. The van der Waals surface area contributed by atoms with Gasteiger partial charge >= 0.3 is 0 Å². The molecule has 0 radical (unpaired) electrons. The van der Waals surface area contributed by atoms with Gasteiger partial charge in [-0.1, -0.05) is 12.2 Å². The number of hydrogen-bond acceptors (Lipinski definition) is 3. The third-order valence-electron chi connectivity index (χ3n) is 2.02. The molecule has 1 rings (SSSR count). The number of phenolic OH excluding ortho intramolecular Hbond substituents is 1. The molecule has 1 aromatic rings. The molecular formula is C12H16O3. The van der Waals surface area contributed by atoms with E-state index in [1.165, 1.54) is 0 Å². The molecule has 0 spiro atoms. The van der Waals surface area contributed by atoms with Gasteiger partial charge < -0.3 is 14.9 Å². The summed E-state index contributed by atoms with van der Waals surface area (Å²) >= 11 is 0. The molecule has 82 valence electrons. The summed E-state index contributed by atoms with van der Waals surface area (Å²) in [4.78, 5) is 0. The minimum Gasteiger partial charge on any atom is -0.508 e. The molecule has 0 saturated carbocycles. The van der Waals surface area contributed by atoms with E-state index < -0.39 is 0 Å². The average Bonchev–Trinajstić information content (AvgIpc) is 2.17. The van der Waals surface area contributed by atoms with E-state index in [-0.39, 0.29) is 12.4 Å². The van der Waals surface area contributed by atoms with Gasteiger partial charge in [0.05, 0.1) is 13.2 Å². The maximum Gasteiger partial charge on any atom is 0.130 e. The molecule has 0 aliphatic rings. The number of aromatic hydroxyl groups is 1. The fourth-order valence-electron chi connectivity index (χ4n) is 1.41. The van der Waals surface area contributed by atoms with Gasteiger partial charge in [0.2, 0.25) is 0 Å². The summed E-state index contributed by atoms with van der Waals surface area (Å²) < 4.78 is 5.40. The van der Waals surface area contributed by atoms with E-state index in [2.05, 4.69) is 0 Å². The largest absolute Gasteiger partial charge is 0.508 e. The maximum absolute atomic E-state index is 9.42. The Balaban J connectivity index is 3.14. The molecule has 15 heavy (non-hydrogen) atoms. The maximum atomic E-state index is 9.42. The molecule has 3 heteroatoms. The van der Waals surface area contributed by atoms with Crippen molar-refractivity contribution in [2.75, 3.05) is 13.2 Å². The van der Waals surface area contributed by atoms with Gasteiger partial charge in [-0.2, -0.15) is 0 Å². The van der Waals surface area contributed by atoms with Crippen molar-refractivity contribution in [1.29, 1.82) is 0 Å². The van der Waals surface area contributed by atoms with Crippen LogP contribution in [0.4, 0.5) is 0 Å². The summed E-state index contributed by atoms with van der Waals surface area (Å²) in [5, 5.41) is 18.1. The Morgan fingerprint density at radius 3 is 2.73 bits per heavy atom. The third kappa shape index (κ3) is 2.99. The zero-order valence-corrected chi connectivity index (χ0v) is 9.03. The van der Waals surface area contributed by atoms with E-state index in [4.69, 9.17) is 9.84 Å². The number of hydrogen-bond donors (Lipinski definition) is 2. The average molecular weight is 208 g/mol. The number of benzene rings is 1. The Morgan fingerprint density at radius 1 is 1.40 bits per heavy atom. The molecular weight excluding hydrogens is 192 g/mol. The zero-order valence-electron chi connectivity index (χ0n) is 9.03. The lowest BCUT2D eigenvalue weighted by molar-refractivity contribution is 0.336. The topological polar surface area (TPSA) is 49.7 Å². The van der Waals surface area contributed by atoms with Crippen molar-refractivity contribution in [3.05, 3.63) is 29.3 Å². The molecule has 0 fully saturated rings. The highest BCUT2D eigenvalue weighted by atomic mass is 16.5. The Morgan fingerprint density at radius 2 is 2.13 bits per heavy atom. The molecule has 0 unspecified atom stereocenters. The van der Waals surface area contributed by atoms with E-state index in [1.54, 1.807) is 24.3 Å². The molecule has 0 aromatic heterocycles.